The fourth-order valence-corrected chi connectivity index (χ4v) is 8.95. The molecule has 0 aliphatic carbocycles. The van der Waals surface area contributed by atoms with Crippen molar-refractivity contribution in [3.05, 3.63) is 0 Å². The van der Waals surface area contributed by atoms with E-state index in [2.05, 4.69) is 12.2 Å². The number of likely N-dealkylation sites (N-methyl/N-ethyl adjacent to an activating group) is 1. The Kier molecular flexibility index (Phi) is 13.5. The van der Waals surface area contributed by atoms with Gasteiger partial charge in [0.2, 0.25) is 0 Å². The molecule has 4 aliphatic heterocycles. The molecule has 50 heavy (non-hydrogen) atoms. The van der Waals surface area contributed by atoms with E-state index in [1.54, 1.807) is 27.9 Å². The fraction of sp³-hybridized carbons (Fsp3) is 0.973. The van der Waals surface area contributed by atoms with Gasteiger partial charge in [-0.25, -0.2) is 0 Å². The molecule has 4 saturated heterocycles. The van der Waals surface area contributed by atoms with Crippen LogP contribution in [-0.2, 0) is 38.0 Å². The monoisotopic (exact) mass is 716 g/mol. The van der Waals surface area contributed by atoms with E-state index >= 15 is 0 Å². The van der Waals surface area contributed by atoms with Crippen LogP contribution in [-0.4, -0.2) is 144 Å². The lowest BCUT2D eigenvalue weighted by Gasteiger charge is -2.52. The molecule has 2 bridgehead atoms. The smallest absolute Gasteiger partial charge is 0.311 e. The zero-order valence-electron chi connectivity index (χ0n) is 32.8. The Morgan fingerprint density at radius 3 is 2.26 bits per heavy atom. The summed E-state index contributed by atoms with van der Waals surface area (Å²) in [5, 5.41) is 38.4. The lowest BCUT2D eigenvalue weighted by atomic mass is 9.76. The molecule has 0 spiro atoms. The molecule has 292 valence electrons. The molecule has 4 heterocycles. The minimum absolute atomic E-state index is 0.130. The molecule has 0 amide bonds. The molecule has 0 radical (unpaired) electrons. The number of ether oxygens (including phenoxy) is 7. The molecular formula is C37H68N2O11. The van der Waals surface area contributed by atoms with Crippen LogP contribution in [0.1, 0.15) is 94.9 Å². The van der Waals surface area contributed by atoms with Gasteiger partial charge in [0.05, 0.1) is 41.5 Å². The maximum atomic E-state index is 14.2. The van der Waals surface area contributed by atoms with Gasteiger partial charge in [0.25, 0.3) is 0 Å². The van der Waals surface area contributed by atoms with E-state index in [1.165, 1.54) is 0 Å². The lowest BCUT2D eigenvalue weighted by molar-refractivity contribution is -0.327. The Bertz CT molecular complexity index is 1130. The highest BCUT2D eigenvalue weighted by Gasteiger charge is 2.57. The van der Waals surface area contributed by atoms with Crippen molar-refractivity contribution in [2.45, 2.75) is 185 Å². The number of aliphatic hydroxyl groups is 3. The van der Waals surface area contributed by atoms with Gasteiger partial charge in [-0.3, -0.25) is 4.79 Å². The van der Waals surface area contributed by atoms with Crippen LogP contribution < -0.4 is 5.32 Å². The summed E-state index contributed by atoms with van der Waals surface area (Å²) in [6.07, 6.45) is -6.15. The molecule has 18 atom stereocenters. The summed E-state index contributed by atoms with van der Waals surface area (Å²) >= 11 is 0. The Morgan fingerprint density at radius 2 is 1.66 bits per heavy atom. The number of nitrogens with one attached hydrogen (secondary N) is 1. The summed E-state index contributed by atoms with van der Waals surface area (Å²) in [5.41, 5.74) is -3.61. The summed E-state index contributed by atoms with van der Waals surface area (Å²) in [6.45, 7) is 19.6. The van der Waals surface area contributed by atoms with Crippen LogP contribution in [0.5, 0.6) is 0 Å². The topological polar surface area (TPSA) is 158 Å². The predicted octanol–water partition coefficient (Wildman–Crippen LogP) is 2.60. The number of esters is 1. The number of nitrogens with zero attached hydrogens (tertiary/aromatic N) is 1. The van der Waals surface area contributed by atoms with Gasteiger partial charge in [-0.05, 0) is 94.3 Å². The summed E-state index contributed by atoms with van der Waals surface area (Å²) in [7, 11) is 5.40. The third kappa shape index (κ3) is 8.54. The highest BCUT2D eigenvalue weighted by Crippen LogP contribution is 2.44. The Labute approximate surface area is 300 Å². The second-order valence-electron chi connectivity index (χ2n) is 16.7. The summed E-state index contributed by atoms with van der Waals surface area (Å²) < 4.78 is 45.4. The highest BCUT2D eigenvalue weighted by atomic mass is 16.7. The van der Waals surface area contributed by atoms with Crippen LogP contribution >= 0.6 is 0 Å². The van der Waals surface area contributed by atoms with Gasteiger partial charge in [-0.2, -0.15) is 0 Å². The average molecular weight is 717 g/mol. The molecule has 13 nitrogen and oxygen atoms in total. The van der Waals surface area contributed by atoms with Crippen LogP contribution in [0.4, 0.5) is 0 Å². The molecule has 0 aromatic carbocycles. The van der Waals surface area contributed by atoms with Gasteiger partial charge in [-0.1, -0.05) is 20.8 Å². The van der Waals surface area contributed by atoms with Crippen molar-refractivity contribution in [3.8, 4) is 0 Å². The van der Waals surface area contributed by atoms with E-state index in [9.17, 15) is 20.1 Å². The van der Waals surface area contributed by atoms with E-state index in [4.69, 9.17) is 33.2 Å². The first kappa shape index (κ1) is 41.8. The Morgan fingerprint density at radius 1 is 1.00 bits per heavy atom. The van der Waals surface area contributed by atoms with Crippen molar-refractivity contribution < 1.29 is 53.3 Å². The van der Waals surface area contributed by atoms with E-state index in [0.717, 1.165) is 0 Å². The molecule has 4 rings (SSSR count). The zero-order chi connectivity index (χ0) is 37.5. The number of hydrogen-bond acceptors (Lipinski definition) is 13. The quantitative estimate of drug-likeness (QED) is 0.286. The minimum atomic E-state index is -1.59. The number of cyclic esters (lactones) is 1. The SMILES string of the molecule is CC[C@H]1OC(=O)[C@H](C)[C@@H](O[C@H]2C[C@@](C)(OC)[C@@H](O)[C@H](C)O2)[C@H](C)[C@@H](O[C@@H]2O[C@H](C)C[C@H](N(C)C)[C@H]2O)[C@@]2(C)C[C@@H](C)CN[C@H](C)C(O2)[C@]1(C)O. The molecule has 4 N–H and O–H groups in total. The van der Waals surface area contributed by atoms with Crippen molar-refractivity contribution >= 4 is 5.97 Å². The third-order valence-corrected chi connectivity index (χ3v) is 12.1. The van der Waals surface area contributed by atoms with Crippen LogP contribution in [0.25, 0.3) is 0 Å². The van der Waals surface area contributed by atoms with E-state index in [1.807, 2.05) is 60.5 Å². The van der Waals surface area contributed by atoms with Crippen LogP contribution in [0.15, 0.2) is 0 Å². The van der Waals surface area contributed by atoms with Crippen LogP contribution in [0, 0.1) is 17.8 Å². The van der Waals surface area contributed by atoms with Gasteiger partial charge in [-0.15, -0.1) is 0 Å². The molecule has 1 unspecified atom stereocenters. The van der Waals surface area contributed by atoms with E-state index < -0.39 is 89.9 Å². The average Bonchev–Trinajstić information content (AvgIpc) is 3.04. The number of carbonyl (C=O) groups excluding carboxylic acids is 1. The van der Waals surface area contributed by atoms with Crippen molar-refractivity contribution in [2.75, 3.05) is 27.7 Å². The second-order valence-corrected chi connectivity index (χ2v) is 16.7. The molecule has 4 aliphatic rings. The van der Waals surface area contributed by atoms with Crippen molar-refractivity contribution in [3.63, 3.8) is 0 Å². The number of rotatable bonds is 7. The standard InChI is InChI=1S/C37H68N2O11/c1-14-26-37(10,43)32-23(6)38-18-19(2)16-36(9,50-32)31(49-34-28(40)25(39(11)12)15-20(3)45-34)21(4)29(22(5)33(42)47-26)48-27-17-35(8,44-13)30(41)24(7)46-27/h19-32,34,38,40-41,43H,14-18H2,1-13H3/t19-,20-,21+,22-,23-,24+,25+,26-,27+,28-,29+,30+,31-,32?,34+,35-,36-,37-/m1/s1. The molecule has 0 saturated carbocycles. The summed E-state index contributed by atoms with van der Waals surface area (Å²) in [6, 6.07) is -0.531. The minimum Gasteiger partial charge on any atom is -0.459 e. The largest absolute Gasteiger partial charge is 0.459 e. The first-order chi connectivity index (χ1) is 23.2. The number of fused-ring (bicyclic) bond motifs is 2. The normalized spacial score (nSPS) is 51.3. The van der Waals surface area contributed by atoms with Gasteiger partial charge < -0.3 is 58.7 Å². The second kappa shape index (κ2) is 16.2. The molecule has 4 fully saturated rings. The molecule has 0 aromatic heterocycles. The zero-order valence-corrected chi connectivity index (χ0v) is 32.8. The van der Waals surface area contributed by atoms with Crippen molar-refractivity contribution in [2.24, 2.45) is 17.8 Å². The number of hydrogen-bond donors (Lipinski definition) is 4. The first-order valence-electron chi connectivity index (χ1n) is 18.7. The van der Waals surface area contributed by atoms with Crippen molar-refractivity contribution in [1.82, 2.24) is 10.2 Å². The predicted molar refractivity (Wildman–Crippen MR) is 186 cm³/mol. The maximum Gasteiger partial charge on any atom is 0.311 e. The lowest BCUT2D eigenvalue weighted by Crippen LogP contribution is -2.66. The summed E-state index contributed by atoms with van der Waals surface area (Å²) in [5.74, 6) is -1.81. The van der Waals surface area contributed by atoms with Gasteiger partial charge in [0.1, 0.15) is 30.0 Å². The number of methoxy groups -OCH3 is 1. The molecular weight excluding hydrogens is 648 g/mol. The van der Waals surface area contributed by atoms with Crippen LogP contribution in [0.3, 0.4) is 0 Å². The molecule has 0 aromatic rings. The van der Waals surface area contributed by atoms with Gasteiger partial charge >= 0.3 is 5.97 Å². The maximum absolute atomic E-state index is 14.2. The van der Waals surface area contributed by atoms with Crippen LogP contribution in [0.2, 0.25) is 0 Å². The van der Waals surface area contributed by atoms with Gasteiger partial charge in [0.15, 0.2) is 12.6 Å². The fourth-order valence-electron chi connectivity index (χ4n) is 8.95. The number of carbonyl (C=O) groups is 1. The first-order valence-corrected chi connectivity index (χ1v) is 18.7. The molecule has 13 heteroatoms. The Balaban J connectivity index is 1.87. The van der Waals surface area contributed by atoms with E-state index in [-0.39, 0.29) is 30.5 Å². The number of aliphatic hydroxyl groups excluding tert-OH is 2. The van der Waals surface area contributed by atoms with E-state index in [0.29, 0.717) is 25.8 Å². The van der Waals surface area contributed by atoms with Gasteiger partial charge in [0, 0.05) is 31.5 Å². The highest BCUT2D eigenvalue weighted by molar-refractivity contribution is 5.73. The van der Waals surface area contributed by atoms with Crippen molar-refractivity contribution in [1.29, 1.82) is 0 Å². The Hall–Kier alpha value is -0.970. The summed E-state index contributed by atoms with van der Waals surface area (Å²) in [4.78, 5) is 16.1. The third-order valence-electron chi connectivity index (χ3n) is 12.1.